The van der Waals surface area contributed by atoms with Crippen molar-refractivity contribution in [2.75, 3.05) is 7.11 Å². The van der Waals surface area contributed by atoms with Gasteiger partial charge in [0.25, 0.3) is 0 Å². The average Bonchev–Trinajstić information content (AvgIpc) is 2.06. The molecule has 66 valence electrons. The first-order valence-electron chi connectivity index (χ1n) is 3.28. The standard InChI is InChI=1S/C8H9NO2.ClH/c1-11-8(10)6-7-2-4-9-5-3-7;/h2-5H,6H2,1H3;1H. The van der Waals surface area contributed by atoms with Gasteiger partial charge in [-0.05, 0) is 17.7 Å². The third-order valence-electron chi connectivity index (χ3n) is 1.33. The van der Waals surface area contributed by atoms with Crippen molar-refractivity contribution in [3.8, 4) is 0 Å². The minimum atomic E-state index is -0.226. The van der Waals surface area contributed by atoms with E-state index in [0.717, 1.165) is 5.56 Å². The molecule has 0 spiro atoms. The zero-order chi connectivity index (χ0) is 8.10. The summed E-state index contributed by atoms with van der Waals surface area (Å²) in [6.07, 6.45) is 3.62. The van der Waals surface area contributed by atoms with E-state index in [0.29, 0.717) is 6.42 Å². The predicted octanol–water partition coefficient (Wildman–Crippen LogP) is 1.22. The quantitative estimate of drug-likeness (QED) is 0.654. The second-order valence-electron chi connectivity index (χ2n) is 2.11. The summed E-state index contributed by atoms with van der Waals surface area (Å²) in [7, 11) is 1.38. The summed E-state index contributed by atoms with van der Waals surface area (Å²) in [6, 6.07) is 3.58. The van der Waals surface area contributed by atoms with Gasteiger partial charge in [-0.2, -0.15) is 0 Å². The summed E-state index contributed by atoms with van der Waals surface area (Å²) in [5.74, 6) is -0.226. The molecule has 1 aromatic heterocycles. The molecular formula is C8H10ClNO2. The Hall–Kier alpha value is -1.09. The predicted molar refractivity (Wildman–Crippen MR) is 47.2 cm³/mol. The summed E-state index contributed by atoms with van der Waals surface area (Å²) in [5.41, 5.74) is 0.923. The normalized spacial score (nSPS) is 8.42. The zero-order valence-electron chi connectivity index (χ0n) is 6.69. The minimum Gasteiger partial charge on any atom is -0.469 e. The van der Waals surface area contributed by atoms with E-state index < -0.39 is 0 Å². The van der Waals surface area contributed by atoms with Crippen LogP contribution in [0.15, 0.2) is 24.5 Å². The molecule has 1 aromatic rings. The Morgan fingerprint density at radius 2 is 2.08 bits per heavy atom. The van der Waals surface area contributed by atoms with E-state index in [2.05, 4.69) is 9.72 Å². The van der Waals surface area contributed by atoms with Crippen molar-refractivity contribution in [2.24, 2.45) is 0 Å². The van der Waals surface area contributed by atoms with Crippen LogP contribution in [0.1, 0.15) is 5.56 Å². The van der Waals surface area contributed by atoms with Crippen molar-refractivity contribution >= 4 is 18.4 Å². The van der Waals surface area contributed by atoms with Gasteiger partial charge >= 0.3 is 5.97 Å². The largest absolute Gasteiger partial charge is 0.469 e. The molecule has 0 radical (unpaired) electrons. The molecule has 0 aliphatic carbocycles. The molecule has 0 atom stereocenters. The van der Waals surface area contributed by atoms with Crippen molar-refractivity contribution in [3.63, 3.8) is 0 Å². The Bertz CT molecular complexity index is 238. The molecule has 4 heteroatoms. The maximum atomic E-state index is 10.7. The number of aromatic nitrogens is 1. The highest BCUT2D eigenvalue weighted by atomic mass is 35.5. The molecule has 1 heterocycles. The first kappa shape index (κ1) is 10.9. The van der Waals surface area contributed by atoms with Gasteiger partial charge in [-0.25, -0.2) is 0 Å². The molecule has 0 amide bonds. The molecule has 12 heavy (non-hydrogen) atoms. The topological polar surface area (TPSA) is 39.2 Å². The number of methoxy groups -OCH3 is 1. The molecule has 0 bridgehead atoms. The molecular weight excluding hydrogens is 178 g/mol. The third-order valence-corrected chi connectivity index (χ3v) is 1.33. The molecule has 0 N–H and O–H groups in total. The molecule has 0 fully saturated rings. The van der Waals surface area contributed by atoms with E-state index in [1.54, 1.807) is 24.5 Å². The van der Waals surface area contributed by atoms with E-state index in [9.17, 15) is 4.79 Å². The number of carbonyl (C=O) groups excluding carboxylic acids is 1. The molecule has 1 rings (SSSR count). The highest BCUT2D eigenvalue weighted by Gasteiger charge is 2.00. The van der Waals surface area contributed by atoms with Crippen LogP contribution in [-0.4, -0.2) is 18.1 Å². The second kappa shape index (κ2) is 5.55. The number of rotatable bonds is 2. The highest BCUT2D eigenvalue weighted by Crippen LogP contribution is 1.97. The summed E-state index contributed by atoms with van der Waals surface area (Å²) in [4.78, 5) is 14.6. The van der Waals surface area contributed by atoms with Crippen LogP contribution in [0.2, 0.25) is 0 Å². The molecule has 0 saturated carbocycles. The third kappa shape index (κ3) is 3.34. The van der Waals surface area contributed by atoms with E-state index in [4.69, 9.17) is 0 Å². The molecule has 0 aliphatic heterocycles. The molecule has 0 saturated heterocycles. The van der Waals surface area contributed by atoms with Crippen LogP contribution in [0.4, 0.5) is 0 Å². The van der Waals surface area contributed by atoms with Gasteiger partial charge in [0.1, 0.15) is 0 Å². The van der Waals surface area contributed by atoms with Crippen LogP contribution in [-0.2, 0) is 16.0 Å². The molecule has 0 unspecified atom stereocenters. The Morgan fingerprint density at radius 1 is 1.50 bits per heavy atom. The maximum absolute atomic E-state index is 10.7. The van der Waals surface area contributed by atoms with Crippen LogP contribution in [0.5, 0.6) is 0 Å². The van der Waals surface area contributed by atoms with Gasteiger partial charge in [-0.1, -0.05) is 0 Å². The number of esters is 1. The van der Waals surface area contributed by atoms with E-state index in [1.165, 1.54) is 7.11 Å². The van der Waals surface area contributed by atoms with Crippen LogP contribution in [0, 0.1) is 0 Å². The smallest absolute Gasteiger partial charge is 0.309 e. The van der Waals surface area contributed by atoms with E-state index in [-0.39, 0.29) is 18.4 Å². The van der Waals surface area contributed by atoms with E-state index in [1.807, 2.05) is 0 Å². The highest BCUT2D eigenvalue weighted by molar-refractivity contribution is 5.85. The Morgan fingerprint density at radius 3 is 2.58 bits per heavy atom. The SMILES string of the molecule is COC(=O)Cc1ccncc1.Cl. The number of carbonyl (C=O) groups is 1. The van der Waals surface area contributed by atoms with Crippen LogP contribution in [0.3, 0.4) is 0 Å². The van der Waals surface area contributed by atoms with Gasteiger partial charge < -0.3 is 4.74 Å². The minimum absolute atomic E-state index is 0. The first-order chi connectivity index (χ1) is 5.33. The maximum Gasteiger partial charge on any atom is 0.309 e. The number of halogens is 1. The van der Waals surface area contributed by atoms with Crippen LogP contribution in [0.25, 0.3) is 0 Å². The van der Waals surface area contributed by atoms with Gasteiger partial charge in [0.2, 0.25) is 0 Å². The fourth-order valence-electron chi connectivity index (χ4n) is 0.739. The van der Waals surface area contributed by atoms with Crippen molar-refractivity contribution in [1.29, 1.82) is 0 Å². The molecule has 0 aliphatic rings. The monoisotopic (exact) mass is 187 g/mol. The Labute approximate surface area is 77.2 Å². The van der Waals surface area contributed by atoms with Gasteiger partial charge in [0.15, 0.2) is 0 Å². The van der Waals surface area contributed by atoms with Crippen LogP contribution >= 0.6 is 12.4 Å². The Kier molecular flexibility index (Phi) is 5.04. The van der Waals surface area contributed by atoms with Gasteiger partial charge in [0.05, 0.1) is 13.5 Å². The number of hydrogen-bond acceptors (Lipinski definition) is 3. The van der Waals surface area contributed by atoms with Crippen molar-refractivity contribution in [3.05, 3.63) is 30.1 Å². The van der Waals surface area contributed by atoms with Gasteiger partial charge in [-0.3, -0.25) is 9.78 Å². The summed E-state index contributed by atoms with van der Waals surface area (Å²) >= 11 is 0. The second-order valence-corrected chi connectivity index (χ2v) is 2.11. The van der Waals surface area contributed by atoms with Crippen LogP contribution < -0.4 is 0 Å². The summed E-state index contributed by atoms with van der Waals surface area (Å²) < 4.78 is 4.49. The Balaban J connectivity index is 0.00000121. The van der Waals surface area contributed by atoms with Crippen molar-refractivity contribution in [2.45, 2.75) is 6.42 Å². The average molecular weight is 188 g/mol. The van der Waals surface area contributed by atoms with Crippen molar-refractivity contribution < 1.29 is 9.53 Å². The number of ether oxygens (including phenoxy) is 1. The lowest BCUT2D eigenvalue weighted by Gasteiger charge is -1.97. The number of pyridine rings is 1. The molecule has 3 nitrogen and oxygen atoms in total. The first-order valence-corrected chi connectivity index (χ1v) is 3.28. The lowest BCUT2D eigenvalue weighted by molar-refractivity contribution is -0.139. The van der Waals surface area contributed by atoms with Gasteiger partial charge in [-0.15, -0.1) is 12.4 Å². The number of nitrogens with zero attached hydrogens (tertiary/aromatic N) is 1. The zero-order valence-corrected chi connectivity index (χ0v) is 7.50. The van der Waals surface area contributed by atoms with Crippen molar-refractivity contribution in [1.82, 2.24) is 4.98 Å². The fourth-order valence-corrected chi connectivity index (χ4v) is 0.739. The summed E-state index contributed by atoms with van der Waals surface area (Å²) in [6.45, 7) is 0. The lowest BCUT2D eigenvalue weighted by atomic mass is 10.2. The molecule has 0 aromatic carbocycles. The summed E-state index contributed by atoms with van der Waals surface area (Å²) in [5, 5.41) is 0. The lowest BCUT2D eigenvalue weighted by Crippen LogP contribution is -2.03. The van der Waals surface area contributed by atoms with Gasteiger partial charge in [0, 0.05) is 12.4 Å². The fraction of sp³-hybridized carbons (Fsp3) is 0.250. The van der Waals surface area contributed by atoms with E-state index >= 15 is 0 Å². The number of hydrogen-bond donors (Lipinski definition) is 0.